The molecule has 3 nitrogen and oxygen atoms in total. The molecule has 0 fully saturated rings. The third-order valence-corrected chi connectivity index (χ3v) is 4.29. The molecule has 1 atom stereocenters. The predicted octanol–water partition coefficient (Wildman–Crippen LogP) is 4.04. The van der Waals surface area contributed by atoms with Gasteiger partial charge in [0.25, 0.3) is 0 Å². The summed E-state index contributed by atoms with van der Waals surface area (Å²) in [5.74, 6) is 0.495. The number of hydrogen-bond donors (Lipinski definition) is 1. The molecular weight excluding hydrogens is 305 g/mol. The second-order valence-corrected chi connectivity index (χ2v) is 6.14. The molecule has 0 spiro atoms. The summed E-state index contributed by atoms with van der Waals surface area (Å²) in [5, 5.41) is 1.38. The molecule has 108 valence electrons. The van der Waals surface area contributed by atoms with Gasteiger partial charge in [-0.25, -0.2) is 0 Å². The van der Waals surface area contributed by atoms with Crippen LogP contribution in [0.25, 0.3) is 0 Å². The lowest BCUT2D eigenvalue weighted by molar-refractivity contribution is 0.533. The molecule has 0 amide bonds. The normalized spacial score (nSPS) is 21.5. The summed E-state index contributed by atoms with van der Waals surface area (Å²) in [4.78, 5) is 6.44. The number of hydrogen-bond acceptors (Lipinski definition) is 3. The monoisotopic (exact) mass is 319 g/mol. The van der Waals surface area contributed by atoms with Gasteiger partial charge in [0.2, 0.25) is 0 Å². The first-order valence-electron chi connectivity index (χ1n) is 6.62. The summed E-state index contributed by atoms with van der Waals surface area (Å²) < 4.78 is 0. The van der Waals surface area contributed by atoms with Gasteiger partial charge >= 0.3 is 0 Å². The standard InChI is InChI=1S/C16H15Cl2N3/c1-16(11-5-7-12(17)8-6-11)10-20-15(19)21(16)14-4-2-3-13(18)9-14/h2-9H,10H2,1H3,(H2,19,20). The van der Waals surface area contributed by atoms with Crippen molar-refractivity contribution in [2.45, 2.75) is 12.5 Å². The molecule has 5 heteroatoms. The molecule has 2 aromatic carbocycles. The van der Waals surface area contributed by atoms with E-state index in [-0.39, 0.29) is 5.54 Å². The van der Waals surface area contributed by atoms with Crippen molar-refractivity contribution < 1.29 is 0 Å². The first-order valence-corrected chi connectivity index (χ1v) is 7.38. The average Bonchev–Trinajstić information content (AvgIpc) is 2.76. The third kappa shape index (κ3) is 2.47. The zero-order chi connectivity index (χ0) is 15.0. The molecule has 21 heavy (non-hydrogen) atoms. The van der Waals surface area contributed by atoms with Crippen LogP contribution in [0.2, 0.25) is 10.0 Å². The maximum Gasteiger partial charge on any atom is 0.196 e. The fourth-order valence-corrected chi connectivity index (χ4v) is 3.00. The highest BCUT2D eigenvalue weighted by Crippen LogP contribution is 2.37. The minimum atomic E-state index is -0.348. The van der Waals surface area contributed by atoms with Crippen LogP contribution >= 0.6 is 23.2 Å². The molecule has 0 aliphatic carbocycles. The summed E-state index contributed by atoms with van der Waals surface area (Å²) in [7, 11) is 0. The Labute approximate surface area is 134 Å². The number of nitrogens with two attached hydrogens (primary N) is 1. The minimum Gasteiger partial charge on any atom is -0.369 e. The quantitative estimate of drug-likeness (QED) is 0.907. The van der Waals surface area contributed by atoms with Gasteiger partial charge in [0.15, 0.2) is 5.96 Å². The maximum atomic E-state index is 6.11. The van der Waals surface area contributed by atoms with Gasteiger partial charge in [0.1, 0.15) is 0 Å². The van der Waals surface area contributed by atoms with Gasteiger partial charge < -0.3 is 10.6 Å². The van der Waals surface area contributed by atoms with Gasteiger partial charge in [-0.1, -0.05) is 41.4 Å². The van der Waals surface area contributed by atoms with Crippen molar-refractivity contribution in [3.63, 3.8) is 0 Å². The first kappa shape index (κ1) is 14.2. The number of aliphatic imine (C=N–C) groups is 1. The zero-order valence-electron chi connectivity index (χ0n) is 11.6. The van der Waals surface area contributed by atoms with Crippen LogP contribution in [0, 0.1) is 0 Å². The molecule has 1 unspecified atom stereocenters. The van der Waals surface area contributed by atoms with Gasteiger partial charge in [0, 0.05) is 15.7 Å². The number of guanidine groups is 1. The SMILES string of the molecule is CC1(c2ccc(Cl)cc2)CN=C(N)N1c1cccc(Cl)c1. The van der Waals surface area contributed by atoms with Crippen molar-refractivity contribution in [2.24, 2.45) is 10.7 Å². The molecule has 1 aliphatic rings. The van der Waals surface area contributed by atoms with Crippen LogP contribution in [-0.4, -0.2) is 12.5 Å². The second-order valence-electron chi connectivity index (χ2n) is 5.27. The van der Waals surface area contributed by atoms with Crippen molar-refractivity contribution in [3.8, 4) is 0 Å². The van der Waals surface area contributed by atoms with E-state index >= 15 is 0 Å². The van der Waals surface area contributed by atoms with E-state index in [2.05, 4.69) is 11.9 Å². The van der Waals surface area contributed by atoms with Gasteiger partial charge in [-0.2, -0.15) is 0 Å². The van der Waals surface area contributed by atoms with Gasteiger partial charge in [-0.15, -0.1) is 0 Å². The van der Waals surface area contributed by atoms with Crippen molar-refractivity contribution in [3.05, 3.63) is 64.1 Å². The van der Waals surface area contributed by atoms with Crippen molar-refractivity contribution in [2.75, 3.05) is 11.4 Å². The predicted molar refractivity (Wildman–Crippen MR) is 89.2 cm³/mol. The molecule has 1 heterocycles. The summed E-state index contributed by atoms with van der Waals surface area (Å²) in [5.41, 5.74) is 7.80. The van der Waals surface area contributed by atoms with Crippen LogP contribution in [0.15, 0.2) is 53.5 Å². The molecule has 0 aromatic heterocycles. The van der Waals surface area contributed by atoms with Crippen LogP contribution in [0.1, 0.15) is 12.5 Å². The Kier molecular flexibility index (Phi) is 3.56. The van der Waals surface area contributed by atoms with E-state index in [1.165, 1.54) is 0 Å². The lowest BCUT2D eigenvalue weighted by Gasteiger charge is -2.36. The Balaban J connectivity index is 2.07. The van der Waals surface area contributed by atoms with E-state index < -0.39 is 0 Å². The van der Waals surface area contributed by atoms with Crippen LogP contribution in [0.4, 0.5) is 5.69 Å². The van der Waals surface area contributed by atoms with E-state index in [1.54, 1.807) is 0 Å². The average molecular weight is 320 g/mol. The van der Waals surface area contributed by atoms with Gasteiger partial charge in [-0.3, -0.25) is 4.99 Å². The molecular formula is C16H15Cl2N3. The Morgan fingerprint density at radius 2 is 1.81 bits per heavy atom. The summed E-state index contributed by atoms with van der Waals surface area (Å²) in [6.07, 6.45) is 0. The van der Waals surface area contributed by atoms with E-state index in [0.29, 0.717) is 22.5 Å². The number of rotatable bonds is 2. The Morgan fingerprint density at radius 3 is 2.48 bits per heavy atom. The van der Waals surface area contributed by atoms with Crippen LogP contribution in [0.5, 0.6) is 0 Å². The summed E-state index contributed by atoms with van der Waals surface area (Å²) in [6, 6.07) is 15.4. The Morgan fingerprint density at radius 1 is 1.10 bits per heavy atom. The number of benzene rings is 2. The number of halogens is 2. The highest BCUT2D eigenvalue weighted by molar-refractivity contribution is 6.31. The third-order valence-electron chi connectivity index (χ3n) is 3.80. The molecule has 0 bridgehead atoms. The molecule has 3 rings (SSSR count). The van der Waals surface area contributed by atoms with Gasteiger partial charge in [0.05, 0.1) is 12.1 Å². The van der Waals surface area contributed by atoms with E-state index in [0.717, 1.165) is 11.3 Å². The highest BCUT2D eigenvalue weighted by atomic mass is 35.5. The Hall–Kier alpha value is -1.71. The summed E-state index contributed by atoms with van der Waals surface area (Å²) in [6.45, 7) is 2.70. The smallest absolute Gasteiger partial charge is 0.196 e. The van der Waals surface area contributed by atoms with Crippen LogP contribution in [-0.2, 0) is 5.54 Å². The van der Waals surface area contributed by atoms with Crippen molar-refractivity contribution in [1.29, 1.82) is 0 Å². The lowest BCUT2D eigenvalue weighted by atomic mass is 9.90. The molecule has 2 aromatic rings. The number of anilines is 1. The highest BCUT2D eigenvalue weighted by Gasteiger charge is 2.40. The van der Waals surface area contributed by atoms with E-state index in [9.17, 15) is 0 Å². The van der Waals surface area contributed by atoms with Crippen LogP contribution < -0.4 is 10.6 Å². The first-order chi connectivity index (χ1) is 10.0. The molecule has 0 saturated heterocycles. The van der Waals surface area contributed by atoms with E-state index in [1.807, 2.05) is 53.4 Å². The largest absolute Gasteiger partial charge is 0.369 e. The summed E-state index contributed by atoms with van der Waals surface area (Å²) >= 11 is 12.1. The van der Waals surface area contributed by atoms with Gasteiger partial charge in [-0.05, 0) is 42.8 Å². The van der Waals surface area contributed by atoms with Crippen molar-refractivity contribution in [1.82, 2.24) is 0 Å². The molecule has 1 aliphatic heterocycles. The fraction of sp³-hybridized carbons (Fsp3) is 0.188. The molecule has 0 saturated carbocycles. The topological polar surface area (TPSA) is 41.6 Å². The number of nitrogens with zero attached hydrogens (tertiary/aromatic N) is 2. The maximum absolute atomic E-state index is 6.11. The second kappa shape index (κ2) is 5.24. The molecule has 2 N–H and O–H groups in total. The lowest BCUT2D eigenvalue weighted by Crippen LogP contribution is -2.47. The Bertz CT molecular complexity index is 697. The minimum absolute atomic E-state index is 0.348. The molecule has 0 radical (unpaired) electrons. The van der Waals surface area contributed by atoms with Crippen LogP contribution in [0.3, 0.4) is 0 Å². The fourth-order valence-electron chi connectivity index (χ4n) is 2.69. The zero-order valence-corrected chi connectivity index (χ0v) is 13.1. The van der Waals surface area contributed by atoms with E-state index in [4.69, 9.17) is 28.9 Å². The van der Waals surface area contributed by atoms with Crippen molar-refractivity contribution >= 4 is 34.8 Å².